The Bertz CT molecular complexity index is 612. The van der Waals surface area contributed by atoms with E-state index in [0.717, 1.165) is 0 Å². The third-order valence-corrected chi connectivity index (χ3v) is 3.09. The van der Waals surface area contributed by atoms with Crippen LogP contribution in [0.15, 0.2) is 28.7 Å². The fraction of sp³-hybridized carbons (Fsp3) is 0.500. The number of benzene rings is 1. The molecule has 2 rings (SSSR count). The van der Waals surface area contributed by atoms with Crippen molar-refractivity contribution >= 4 is 17.2 Å². The van der Waals surface area contributed by atoms with Crippen molar-refractivity contribution in [2.45, 2.75) is 51.9 Å². The maximum Gasteiger partial charge on any atom is 0.407 e. The molecule has 6 nitrogen and oxygen atoms in total. The number of amides is 1. The molecule has 0 aliphatic rings. The van der Waals surface area contributed by atoms with Gasteiger partial charge in [0.1, 0.15) is 11.1 Å². The molecule has 1 aromatic heterocycles. The predicted molar refractivity (Wildman–Crippen MR) is 82.4 cm³/mol. The van der Waals surface area contributed by atoms with Gasteiger partial charge in [-0.2, -0.15) is 0 Å². The number of hydrogen-bond donors (Lipinski definition) is 2. The van der Waals surface area contributed by atoms with Gasteiger partial charge in [-0.25, -0.2) is 9.78 Å². The summed E-state index contributed by atoms with van der Waals surface area (Å²) in [6.45, 7) is 7.20. The zero-order valence-electron chi connectivity index (χ0n) is 13.3. The van der Waals surface area contributed by atoms with Gasteiger partial charge in [0.25, 0.3) is 0 Å². The second-order valence-corrected chi connectivity index (χ2v) is 6.13. The molecule has 0 saturated carbocycles. The van der Waals surface area contributed by atoms with E-state index in [4.69, 9.17) is 9.15 Å². The summed E-state index contributed by atoms with van der Waals surface area (Å²) in [5, 5.41) is 13.1. The summed E-state index contributed by atoms with van der Waals surface area (Å²) in [5.41, 5.74) is 0.678. The Morgan fingerprint density at radius 1 is 1.41 bits per heavy atom. The number of nitrogens with one attached hydrogen (secondary N) is 1. The van der Waals surface area contributed by atoms with Gasteiger partial charge in [-0.15, -0.1) is 0 Å². The molecule has 0 radical (unpaired) electrons. The average molecular weight is 306 g/mol. The highest BCUT2D eigenvalue weighted by molar-refractivity contribution is 5.72. The van der Waals surface area contributed by atoms with E-state index < -0.39 is 23.8 Å². The standard InChI is InChI=1S/C16H22N2O4/c1-5-10(18-15(20)22-16(2,3)4)13(19)14-17-11-8-6-7-9-12(11)21-14/h6-10,13,19H,5H2,1-4H3,(H,18,20)/t10-,13?/m1/s1. The van der Waals surface area contributed by atoms with Gasteiger partial charge in [-0.3, -0.25) is 0 Å². The van der Waals surface area contributed by atoms with E-state index in [9.17, 15) is 9.90 Å². The maximum atomic E-state index is 11.8. The summed E-state index contributed by atoms with van der Waals surface area (Å²) in [6, 6.07) is 6.72. The predicted octanol–water partition coefficient (Wildman–Crippen LogP) is 3.16. The zero-order chi connectivity index (χ0) is 16.3. The number of carbonyl (C=O) groups excluding carboxylic acids is 1. The van der Waals surface area contributed by atoms with Gasteiger partial charge < -0.3 is 19.6 Å². The summed E-state index contributed by atoms with van der Waals surface area (Å²) < 4.78 is 10.7. The largest absolute Gasteiger partial charge is 0.444 e. The Hall–Kier alpha value is -2.08. The number of aliphatic hydroxyl groups is 1. The topological polar surface area (TPSA) is 84.6 Å². The van der Waals surface area contributed by atoms with Gasteiger partial charge >= 0.3 is 6.09 Å². The molecule has 1 aromatic carbocycles. The Kier molecular flexibility index (Phi) is 4.71. The number of oxazole rings is 1. The van der Waals surface area contributed by atoms with E-state index in [0.29, 0.717) is 17.5 Å². The monoisotopic (exact) mass is 306 g/mol. The van der Waals surface area contributed by atoms with E-state index in [-0.39, 0.29) is 5.89 Å². The molecule has 22 heavy (non-hydrogen) atoms. The molecule has 2 atom stereocenters. The molecular weight excluding hydrogens is 284 g/mol. The molecule has 1 unspecified atom stereocenters. The molecule has 1 heterocycles. The molecule has 0 saturated heterocycles. The number of fused-ring (bicyclic) bond motifs is 1. The number of alkyl carbamates (subject to hydrolysis) is 1. The molecule has 120 valence electrons. The van der Waals surface area contributed by atoms with Crippen LogP contribution in [0.3, 0.4) is 0 Å². The van der Waals surface area contributed by atoms with Crippen molar-refractivity contribution in [3.8, 4) is 0 Å². The first-order valence-corrected chi connectivity index (χ1v) is 7.33. The van der Waals surface area contributed by atoms with Crippen molar-refractivity contribution in [3.63, 3.8) is 0 Å². The van der Waals surface area contributed by atoms with Gasteiger partial charge in [0.05, 0.1) is 6.04 Å². The minimum absolute atomic E-state index is 0.184. The number of aliphatic hydroxyl groups excluding tert-OH is 1. The van der Waals surface area contributed by atoms with E-state index >= 15 is 0 Å². The van der Waals surface area contributed by atoms with E-state index in [1.165, 1.54) is 0 Å². The number of aromatic nitrogens is 1. The Labute approximate surface area is 129 Å². The fourth-order valence-corrected chi connectivity index (χ4v) is 2.05. The number of carbonyl (C=O) groups is 1. The summed E-state index contributed by atoms with van der Waals surface area (Å²) in [6.07, 6.45) is -1.10. The number of para-hydroxylation sites is 2. The van der Waals surface area contributed by atoms with Crippen molar-refractivity contribution in [3.05, 3.63) is 30.2 Å². The highest BCUT2D eigenvalue weighted by atomic mass is 16.6. The average Bonchev–Trinajstić information content (AvgIpc) is 2.86. The molecule has 0 spiro atoms. The van der Waals surface area contributed by atoms with Crippen LogP contribution < -0.4 is 5.32 Å². The smallest absolute Gasteiger partial charge is 0.407 e. The Morgan fingerprint density at radius 2 is 2.09 bits per heavy atom. The van der Waals surface area contributed by atoms with Crippen molar-refractivity contribution in [2.24, 2.45) is 0 Å². The van der Waals surface area contributed by atoms with Crippen LogP contribution in [0.1, 0.15) is 46.1 Å². The van der Waals surface area contributed by atoms with Crippen molar-refractivity contribution in [1.29, 1.82) is 0 Å². The van der Waals surface area contributed by atoms with Crippen LogP contribution in [0.5, 0.6) is 0 Å². The molecular formula is C16H22N2O4. The van der Waals surface area contributed by atoms with Gasteiger partial charge in [0.15, 0.2) is 11.7 Å². The van der Waals surface area contributed by atoms with E-state index in [2.05, 4.69) is 10.3 Å². The minimum Gasteiger partial charge on any atom is -0.444 e. The maximum absolute atomic E-state index is 11.8. The number of rotatable bonds is 4. The third-order valence-electron chi connectivity index (χ3n) is 3.09. The van der Waals surface area contributed by atoms with Crippen LogP contribution >= 0.6 is 0 Å². The quantitative estimate of drug-likeness (QED) is 0.906. The Morgan fingerprint density at radius 3 is 2.68 bits per heavy atom. The third kappa shape index (κ3) is 3.98. The molecule has 0 aliphatic heterocycles. The second kappa shape index (κ2) is 6.36. The summed E-state index contributed by atoms with van der Waals surface area (Å²) in [5.74, 6) is 0.184. The second-order valence-electron chi connectivity index (χ2n) is 6.13. The molecule has 2 aromatic rings. The Balaban J connectivity index is 2.11. The lowest BCUT2D eigenvalue weighted by atomic mass is 10.1. The molecule has 0 fully saturated rings. The molecule has 6 heteroatoms. The molecule has 2 N–H and O–H groups in total. The lowest BCUT2D eigenvalue weighted by Gasteiger charge is -2.24. The first-order valence-electron chi connectivity index (χ1n) is 7.33. The van der Waals surface area contributed by atoms with Crippen LogP contribution in [-0.2, 0) is 4.74 Å². The summed E-state index contributed by atoms with van der Waals surface area (Å²) >= 11 is 0. The van der Waals surface area contributed by atoms with Gasteiger partial charge in [-0.1, -0.05) is 19.1 Å². The molecule has 0 aliphatic carbocycles. The number of nitrogens with zero attached hydrogens (tertiary/aromatic N) is 1. The minimum atomic E-state index is -1.04. The van der Waals surface area contributed by atoms with Crippen LogP contribution in [0.4, 0.5) is 4.79 Å². The normalized spacial score (nSPS) is 14.6. The summed E-state index contributed by atoms with van der Waals surface area (Å²) in [4.78, 5) is 16.1. The summed E-state index contributed by atoms with van der Waals surface area (Å²) in [7, 11) is 0. The number of hydrogen-bond acceptors (Lipinski definition) is 5. The first kappa shape index (κ1) is 16.3. The first-order chi connectivity index (χ1) is 10.3. The fourth-order valence-electron chi connectivity index (χ4n) is 2.05. The van der Waals surface area contributed by atoms with Crippen LogP contribution in [0, 0.1) is 0 Å². The molecule has 0 bridgehead atoms. The van der Waals surface area contributed by atoms with Gasteiger partial charge in [0.2, 0.25) is 5.89 Å². The SMILES string of the molecule is CC[C@@H](NC(=O)OC(C)(C)C)C(O)c1nc2ccccc2o1. The van der Waals surface area contributed by atoms with E-state index in [1.807, 2.05) is 19.1 Å². The van der Waals surface area contributed by atoms with Crippen LogP contribution in [0.2, 0.25) is 0 Å². The lowest BCUT2D eigenvalue weighted by Crippen LogP contribution is -2.42. The van der Waals surface area contributed by atoms with E-state index in [1.54, 1.807) is 32.9 Å². The van der Waals surface area contributed by atoms with Crippen LogP contribution in [0.25, 0.3) is 11.1 Å². The van der Waals surface area contributed by atoms with Crippen molar-refractivity contribution in [1.82, 2.24) is 10.3 Å². The van der Waals surface area contributed by atoms with Gasteiger partial charge in [0, 0.05) is 0 Å². The van der Waals surface area contributed by atoms with Crippen molar-refractivity contribution < 1.29 is 19.1 Å². The van der Waals surface area contributed by atoms with Gasteiger partial charge in [-0.05, 0) is 39.3 Å². The highest BCUT2D eigenvalue weighted by Crippen LogP contribution is 2.23. The van der Waals surface area contributed by atoms with Crippen molar-refractivity contribution in [2.75, 3.05) is 0 Å². The van der Waals surface area contributed by atoms with Crippen LogP contribution in [-0.4, -0.2) is 27.8 Å². The highest BCUT2D eigenvalue weighted by Gasteiger charge is 2.27. The zero-order valence-corrected chi connectivity index (χ0v) is 13.3. The number of ether oxygens (including phenoxy) is 1. The molecule has 1 amide bonds. The lowest BCUT2D eigenvalue weighted by molar-refractivity contribution is 0.0387.